The Morgan fingerprint density at radius 1 is 0.500 bits per heavy atom. The third-order valence-corrected chi connectivity index (χ3v) is 11.2. The van der Waals surface area contributed by atoms with Gasteiger partial charge in [-0.1, -0.05) is 117 Å². The van der Waals surface area contributed by atoms with E-state index in [4.69, 9.17) is 0 Å². The monoisotopic (exact) mass is 494 g/mol. The molecule has 0 aliphatic heterocycles. The van der Waals surface area contributed by atoms with Crippen molar-refractivity contribution in [3.8, 4) is 12.1 Å². The average molecular weight is 495 g/mol. The van der Waals surface area contributed by atoms with Crippen LogP contribution >= 0.6 is 0 Å². The molecule has 0 aromatic rings. The molecular formula is C34H58N2. The van der Waals surface area contributed by atoms with Crippen molar-refractivity contribution >= 4 is 0 Å². The van der Waals surface area contributed by atoms with Crippen LogP contribution in [0.4, 0.5) is 0 Å². The van der Waals surface area contributed by atoms with E-state index in [2.05, 4.69) is 26.0 Å². The maximum Gasteiger partial charge on any atom is 0.0692 e. The van der Waals surface area contributed by atoms with Gasteiger partial charge in [-0.25, -0.2) is 0 Å². The lowest BCUT2D eigenvalue weighted by molar-refractivity contribution is 0.0271. The summed E-state index contributed by atoms with van der Waals surface area (Å²) in [5.41, 5.74) is -0.274. The highest BCUT2D eigenvalue weighted by Gasteiger charge is 2.51. The summed E-state index contributed by atoms with van der Waals surface area (Å²) in [7, 11) is 0. The Balaban J connectivity index is 1.42. The Labute approximate surface area is 225 Å². The Morgan fingerprint density at radius 2 is 0.833 bits per heavy atom. The van der Waals surface area contributed by atoms with Crippen LogP contribution in [0.1, 0.15) is 168 Å². The number of unbranched alkanes of at least 4 members (excludes halogenated alkanes) is 8. The highest BCUT2D eigenvalue weighted by molar-refractivity contribution is 5.14. The van der Waals surface area contributed by atoms with Gasteiger partial charge in [0.15, 0.2) is 0 Å². The molecule has 204 valence electrons. The third kappa shape index (κ3) is 7.99. The second-order valence-electron chi connectivity index (χ2n) is 13.4. The Morgan fingerprint density at radius 3 is 1.14 bits per heavy atom. The summed E-state index contributed by atoms with van der Waals surface area (Å²) < 4.78 is 0. The predicted molar refractivity (Wildman–Crippen MR) is 152 cm³/mol. The molecule has 2 heteroatoms. The second kappa shape index (κ2) is 15.4. The molecule has 3 aliphatic rings. The lowest BCUT2D eigenvalue weighted by Gasteiger charge is -2.49. The Kier molecular flexibility index (Phi) is 12.6. The molecule has 0 spiro atoms. The van der Waals surface area contributed by atoms with Gasteiger partial charge in [0, 0.05) is 0 Å². The number of hydrogen-bond acceptors (Lipinski definition) is 2. The van der Waals surface area contributed by atoms with Crippen LogP contribution < -0.4 is 0 Å². The highest BCUT2D eigenvalue weighted by Crippen LogP contribution is 2.57. The van der Waals surface area contributed by atoms with Crippen molar-refractivity contribution in [1.82, 2.24) is 0 Å². The highest BCUT2D eigenvalue weighted by atomic mass is 14.6. The number of nitrogens with zero attached hydrogens (tertiary/aromatic N) is 2. The molecule has 0 radical (unpaired) electrons. The molecule has 0 amide bonds. The van der Waals surface area contributed by atoms with Crippen LogP contribution in [-0.4, -0.2) is 0 Å². The zero-order valence-corrected chi connectivity index (χ0v) is 24.2. The summed E-state index contributed by atoms with van der Waals surface area (Å²) in [4.78, 5) is 0. The van der Waals surface area contributed by atoms with Crippen LogP contribution in [0.5, 0.6) is 0 Å². The van der Waals surface area contributed by atoms with E-state index in [-0.39, 0.29) is 10.8 Å². The van der Waals surface area contributed by atoms with Crippen molar-refractivity contribution in [3.05, 3.63) is 0 Å². The third-order valence-electron chi connectivity index (χ3n) is 11.2. The molecule has 3 fully saturated rings. The molecule has 0 bridgehead atoms. The second-order valence-corrected chi connectivity index (χ2v) is 13.4. The van der Waals surface area contributed by atoms with E-state index in [1.54, 1.807) is 0 Å². The molecule has 0 N–H and O–H groups in total. The molecule has 3 aliphatic carbocycles. The summed E-state index contributed by atoms with van der Waals surface area (Å²) in [5, 5.41) is 20.7. The first-order valence-electron chi connectivity index (χ1n) is 16.4. The van der Waals surface area contributed by atoms with Crippen LogP contribution in [0.15, 0.2) is 0 Å². The molecule has 36 heavy (non-hydrogen) atoms. The maximum atomic E-state index is 10.4. The van der Waals surface area contributed by atoms with Crippen molar-refractivity contribution in [2.45, 2.75) is 168 Å². The minimum absolute atomic E-state index is 0.137. The molecule has 0 saturated heterocycles. The van der Waals surface area contributed by atoms with E-state index in [9.17, 15) is 10.5 Å². The van der Waals surface area contributed by atoms with Crippen molar-refractivity contribution in [1.29, 1.82) is 10.5 Å². The molecule has 0 heterocycles. The zero-order valence-electron chi connectivity index (χ0n) is 24.2. The fraction of sp³-hybridized carbons (Fsp3) is 0.941. The minimum Gasteiger partial charge on any atom is -0.198 e. The molecule has 0 aromatic carbocycles. The van der Waals surface area contributed by atoms with Crippen molar-refractivity contribution in [3.63, 3.8) is 0 Å². The lowest BCUT2D eigenvalue weighted by atomic mass is 9.53. The average Bonchev–Trinajstić information content (AvgIpc) is 2.93. The first kappa shape index (κ1) is 29.5. The maximum absolute atomic E-state index is 10.4. The van der Waals surface area contributed by atoms with Gasteiger partial charge in [0.2, 0.25) is 0 Å². The van der Waals surface area contributed by atoms with Crippen LogP contribution in [0.25, 0.3) is 0 Å². The largest absolute Gasteiger partial charge is 0.198 e. The van der Waals surface area contributed by atoms with E-state index in [0.717, 1.165) is 37.5 Å². The quantitative estimate of drug-likeness (QED) is 0.225. The van der Waals surface area contributed by atoms with Gasteiger partial charge in [0.05, 0.1) is 23.0 Å². The van der Waals surface area contributed by atoms with Crippen LogP contribution in [-0.2, 0) is 0 Å². The summed E-state index contributed by atoms with van der Waals surface area (Å²) in [6.45, 7) is 4.58. The molecule has 0 unspecified atom stereocenters. The molecule has 2 nitrogen and oxygen atoms in total. The molecular weight excluding hydrogens is 436 g/mol. The summed E-state index contributed by atoms with van der Waals surface area (Å²) in [6, 6.07) is 5.74. The zero-order chi connectivity index (χ0) is 25.7. The van der Waals surface area contributed by atoms with E-state index in [0.29, 0.717) is 11.8 Å². The fourth-order valence-electron chi connectivity index (χ4n) is 8.45. The van der Waals surface area contributed by atoms with Crippen molar-refractivity contribution < 1.29 is 0 Å². The van der Waals surface area contributed by atoms with Crippen molar-refractivity contribution in [2.75, 3.05) is 0 Å². The van der Waals surface area contributed by atoms with E-state index in [1.165, 1.54) is 128 Å². The number of rotatable bonds is 14. The normalized spacial score (nSPS) is 35.1. The lowest BCUT2D eigenvalue weighted by Crippen LogP contribution is -2.43. The first-order valence-corrected chi connectivity index (χ1v) is 16.4. The standard InChI is InChI=1S/C34H58N2/c1-3-5-7-9-11-13-29-15-19-31(20-16-29)33(27-35)23-25-34(28-36,26-24-33)32-21-17-30(18-22-32)14-12-10-8-6-4-2/h29-32H,3-26H2,1-2H3/t29?,30?,31?,32?,33-,34-. The van der Waals surface area contributed by atoms with Crippen LogP contribution in [0, 0.1) is 57.2 Å². The Bertz CT molecular complexity index is 613. The first-order chi connectivity index (χ1) is 17.6. The van der Waals surface area contributed by atoms with E-state index < -0.39 is 0 Å². The molecule has 0 atom stereocenters. The number of nitriles is 2. The van der Waals surface area contributed by atoms with E-state index in [1.807, 2.05) is 0 Å². The minimum atomic E-state index is -0.137. The van der Waals surface area contributed by atoms with E-state index >= 15 is 0 Å². The molecule has 0 aromatic heterocycles. The topological polar surface area (TPSA) is 47.6 Å². The van der Waals surface area contributed by atoms with Gasteiger partial charge in [0.25, 0.3) is 0 Å². The number of hydrogen-bond donors (Lipinski definition) is 0. The summed E-state index contributed by atoms with van der Waals surface area (Å²) >= 11 is 0. The van der Waals surface area contributed by atoms with Crippen molar-refractivity contribution in [2.24, 2.45) is 34.5 Å². The van der Waals surface area contributed by atoms with Gasteiger partial charge >= 0.3 is 0 Å². The predicted octanol–water partition coefficient (Wildman–Crippen LogP) is 10.9. The van der Waals surface area contributed by atoms with Gasteiger partial charge in [-0.3, -0.25) is 0 Å². The summed E-state index contributed by atoms with van der Waals surface area (Å²) in [5.74, 6) is 2.97. The van der Waals surface area contributed by atoms with Gasteiger partial charge < -0.3 is 0 Å². The molecule has 3 saturated carbocycles. The van der Waals surface area contributed by atoms with Crippen LogP contribution in [0.2, 0.25) is 0 Å². The van der Waals surface area contributed by atoms with Crippen LogP contribution in [0.3, 0.4) is 0 Å². The summed E-state index contributed by atoms with van der Waals surface area (Å²) in [6.07, 6.45) is 31.1. The van der Waals surface area contributed by atoms with Gasteiger partial charge in [0.1, 0.15) is 0 Å². The van der Waals surface area contributed by atoms with Gasteiger partial charge in [-0.15, -0.1) is 0 Å². The van der Waals surface area contributed by atoms with Gasteiger partial charge in [-0.2, -0.15) is 10.5 Å². The SMILES string of the molecule is CCCCCCCC1CCC([C@]2(C#N)CC[C@@](C#N)(C3CCC(CCCCCCC)CC3)CC2)CC1. The smallest absolute Gasteiger partial charge is 0.0692 e. The Hall–Kier alpha value is -1.02. The molecule has 3 rings (SSSR count). The van der Waals surface area contributed by atoms with Gasteiger partial charge in [-0.05, 0) is 75.0 Å². The fourth-order valence-corrected chi connectivity index (χ4v) is 8.45.